The fourth-order valence-corrected chi connectivity index (χ4v) is 5.78. The van der Waals surface area contributed by atoms with Crippen molar-refractivity contribution in [1.82, 2.24) is 4.57 Å². The number of ether oxygens (including phenoxy) is 1. The van der Waals surface area contributed by atoms with Crippen LogP contribution in [-0.2, 0) is 25.5 Å². The van der Waals surface area contributed by atoms with E-state index in [1.165, 1.54) is 0 Å². The molecule has 0 amide bonds. The van der Waals surface area contributed by atoms with Crippen molar-refractivity contribution >= 4 is 27.1 Å². The second-order valence-corrected chi connectivity index (χ2v) is 11.8. The quantitative estimate of drug-likeness (QED) is 0.399. The molecule has 0 spiro atoms. The van der Waals surface area contributed by atoms with E-state index in [4.69, 9.17) is 8.92 Å². The number of hydrogen-bond acceptors (Lipinski definition) is 5. The van der Waals surface area contributed by atoms with Gasteiger partial charge in [-0.15, -0.1) is 0 Å². The van der Waals surface area contributed by atoms with Crippen molar-refractivity contribution in [3.05, 3.63) is 64.8 Å². The highest BCUT2D eigenvalue weighted by atomic mass is 32.2. The lowest BCUT2D eigenvalue weighted by Gasteiger charge is -2.21. The Hall–Kier alpha value is -2.64. The van der Waals surface area contributed by atoms with Crippen molar-refractivity contribution in [1.29, 1.82) is 0 Å². The van der Waals surface area contributed by atoms with Gasteiger partial charge in [-0.3, -0.25) is 8.75 Å². The number of nitrogens with zero attached hydrogens (tertiary/aromatic N) is 1. The Balaban J connectivity index is 1.71. The van der Waals surface area contributed by atoms with E-state index in [0.29, 0.717) is 0 Å². The lowest BCUT2D eigenvalue weighted by Crippen LogP contribution is -2.27. The molecule has 0 saturated heterocycles. The summed E-state index contributed by atoms with van der Waals surface area (Å²) in [6.45, 7) is 11.7. The first kappa shape index (κ1) is 24.5. The van der Waals surface area contributed by atoms with Crippen LogP contribution in [0, 0.1) is 6.92 Å². The van der Waals surface area contributed by atoms with Crippen molar-refractivity contribution in [3.8, 4) is 0 Å². The maximum atomic E-state index is 13.0. The first-order chi connectivity index (χ1) is 15.9. The number of rotatable bonds is 5. The van der Waals surface area contributed by atoms with E-state index in [0.717, 1.165) is 46.0 Å². The van der Waals surface area contributed by atoms with Crippen LogP contribution in [0.2, 0.25) is 0 Å². The van der Waals surface area contributed by atoms with Gasteiger partial charge in [-0.1, -0.05) is 37.6 Å². The maximum Gasteiger partial charge on any atom is 0.419 e. The molecule has 1 aromatic heterocycles. The lowest BCUT2D eigenvalue weighted by molar-refractivity contribution is 0.0544. The van der Waals surface area contributed by atoms with Crippen LogP contribution in [0.25, 0.3) is 10.9 Å². The molecule has 0 fully saturated rings. The van der Waals surface area contributed by atoms with E-state index in [2.05, 4.69) is 19.9 Å². The monoisotopic (exact) mass is 483 g/mol. The van der Waals surface area contributed by atoms with Gasteiger partial charge < -0.3 is 4.74 Å². The van der Waals surface area contributed by atoms with Crippen LogP contribution in [0.1, 0.15) is 75.1 Å². The van der Waals surface area contributed by atoms with Crippen molar-refractivity contribution < 1.29 is 22.1 Å². The third-order valence-electron chi connectivity index (χ3n) is 6.40. The Kier molecular flexibility index (Phi) is 6.38. The van der Waals surface area contributed by atoms with Crippen molar-refractivity contribution in [2.45, 2.75) is 76.7 Å². The molecule has 34 heavy (non-hydrogen) atoms. The highest BCUT2D eigenvalue weighted by Gasteiger charge is 2.34. The zero-order chi connectivity index (χ0) is 24.8. The average molecular weight is 484 g/mol. The summed E-state index contributed by atoms with van der Waals surface area (Å²) in [4.78, 5) is 13.2. The van der Waals surface area contributed by atoms with Gasteiger partial charge in [0.2, 0.25) is 0 Å². The highest BCUT2D eigenvalue weighted by Crippen LogP contribution is 2.47. The van der Waals surface area contributed by atoms with Crippen molar-refractivity contribution in [2.24, 2.45) is 0 Å². The van der Waals surface area contributed by atoms with E-state index in [9.17, 15) is 13.2 Å². The predicted molar refractivity (Wildman–Crippen MR) is 133 cm³/mol. The number of aryl methyl sites for hydroxylation is 2. The molecule has 0 radical (unpaired) electrons. The zero-order valence-electron chi connectivity index (χ0n) is 20.7. The van der Waals surface area contributed by atoms with Crippen LogP contribution in [-0.4, -0.2) is 31.3 Å². The van der Waals surface area contributed by atoms with Gasteiger partial charge in [0.1, 0.15) is 5.60 Å². The van der Waals surface area contributed by atoms with Crippen LogP contribution in [0.4, 0.5) is 4.79 Å². The second kappa shape index (κ2) is 8.86. The molecule has 0 bridgehead atoms. The molecule has 0 unspecified atom stereocenters. The summed E-state index contributed by atoms with van der Waals surface area (Å²) < 4.78 is 38.3. The van der Waals surface area contributed by atoms with E-state index < -0.39 is 21.8 Å². The molecule has 2 aromatic carbocycles. The zero-order valence-corrected chi connectivity index (χ0v) is 21.5. The van der Waals surface area contributed by atoms with Gasteiger partial charge in [-0.2, -0.15) is 8.42 Å². The van der Waals surface area contributed by atoms with Crippen LogP contribution >= 0.6 is 0 Å². The predicted octanol–water partition coefficient (Wildman–Crippen LogP) is 6.29. The van der Waals surface area contributed by atoms with E-state index >= 15 is 0 Å². The van der Waals surface area contributed by atoms with Crippen LogP contribution in [0.5, 0.6) is 0 Å². The van der Waals surface area contributed by atoms with Crippen molar-refractivity contribution in [3.63, 3.8) is 0 Å². The molecule has 4 rings (SSSR count). The molecule has 6 nitrogen and oxygen atoms in total. The molecule has 1 aliphatic rings. The largest absolute Gasteiger partial charge is 0.443 e. The number of aromatic nitrogens is 1. The molecule has 182 valence electrons. The molecule has 1 heterocycles. The fraction of sp³-hybridized carbons (Fsp3) is 0.444. The molecular weight excluding hydrogens is 450 g/mol. The van der Waals surface area contributed by atoms with Crippen LogP contribution in [0.3, 0.4) is 0 Å². The number of carbonyl (C=O) groups is 1. The molecule has 0 aliphatic heterocycles. The minimum absolute atomic E-state index is 0.0648. The summed E-state index contributed by atoms with van der Waals surface area (Å²) in [6, 6.07) is 10.8. The second-order valence-electron chi connectivity index (χ2n) is 10.2. The minimum Gasteiger partial charge on any atom is -0.443 e. The lowest BCUT2D eigenvalue weighted by atomic mass is 9.95. The Morgan fingerprint density at radius 3 is 2.44 bits per heavy atom. The smallest absolute Gasteiger partial charge is 0.419 e. The third-order valence-corrected chi connectivity index (χ3v) is 7.70. The summed E-state index contributed by atoms with van der Waals surface area (Å²) in [5, 5.41) is 1.04. The topological polar surface area (TPSA) is 74.6 Å². The van der Waals surface area contributed by atoms with Gasteiger partial charge in [0.25, 0.3) is 10.1 Å². The highest BCUT2D eigenvalue weighted by molar-refractivity contribution is 7.86. The number of carbonyl (C=O) groups excluding carboxylic acids is 1. The summed E-state index contributed by atoms with van der Waals surface area (Å²) in [6.07, 6.45) is 2.91. The molecule has 0 saturated carbocycles. The fourth-order valence-electron chi connectivity index (χ4n) is 4.83. The summed E-state index contributed by atoms with van der Waals surface area (Å²) >= 11 is 0. The normalized spacial score (nSPS) is 18.3. The SMILES string of the molecule is CCc1cc2c(c3c1ccn3C(=O)OC(C)(C)C)[C@@H](C)C[C@@H]2COS(=O)(=O)c1ccc(C)cc1. The molecule has 1 aliphatic carbocycles. The third kappa shape index (κ3) is 4.64. The minimum atomic E-state index is -3.85. The van der Waals surface area contributed by atoms with Gasteiger partial charge in [0, 0.05) is 17.5 Å². The van der Waals surface area contributed by atoms with Crippen LogP contribution in [0.15, 0.2) is 47.5 Å². The van der Waals surface area contributed by atoms with Gasteiger partial charge in [-0.05, 0) is 81.3 Å². The first-order valence-electron chi connectivity index (χ1n) is 11.8. The molecule has 0 N–H and O–H groups in total. The molecule has 7 heteroatoms. The van der Waals surface area contributed by atoms with E-state index in [-0.39, 0.29) is 23.3 Å². The maximum absolute atomic E-state index is 13.0. The first-order valence-corrected chi connectivity index (χ1v) is 13.2. The average Bonchev–Trinajstić information content (AvgIpc) is 3.32. The summed E-state index contributed by atoms with van der Waals surface area (Å²) in [5.41, 5.74) is 4.49. The van der Waals surface area contributed by atoms with Gasteiger partial charge in [-0.25, -0.2) is 4.79 Å². The number of hydrogen-bond donors (Lipinski definition) is 0. The Bertz CT molecular complexity index is 1330. The molecule has 2 atom stereocenters. The van der Waals surface area contributed by atoms with E-state index in [1.807, 2.05) is 33.8 Å². The van der Waals surface area contributed by atoms with Gasteiger partial charge in [0.15, 0.2) is 0 Å². The Labute approximate surface area is 202 Å². The Morgan fingerprint density at radius 2 is 1.82 bits per heavy atom. The number of benzene rings is 2. The summed E-state index contributed by atoms with van der Waals surface area (Å²) in [5.74, 6) is 0.0667. The van der Waals surface area contributed by atoms with E-state index in [1.54, 1.807) is 35.0 Å². The summed E-state index contributed by atoms with van der Waals surface area (Å²) in [7, 11) is -3.85. The van der Waals surface area contributed by atoms with Crippen LogP contribution < -0.4 is 0 Å². The number of fused-ring (bicyclic) bond motifs is 3. The van der Waals surface area contributed by atoms with Gasteiger partial charge >= 0.3 is 6.09 Å². The van der Waals surface area contributed by atoms with Crippen molar-refractivity contribution in [2.75, 3.05) is 6.61 Å². The molecule has 3 aromatic rings. The molecular formula is C27H33NO5S. The Morgan fingerprint density at radius 1 is 1.15 bits per heavy atom. The van der Waals surface area contributed by atoms with Gasteiger partial charge in [0.05, 0.1) is 17.0 Å². The standard InChI is InChI=1S/C27H33NO5S/c1-7-19-15-23-20(16-32-34(30,31)21-10-8-17(2)9-11-21)14-18(3)24(23)25-22(19)12-13-28(25)26(29)33-27(4,5)6/h8-13,15,18,20H,7,14,16H2,1-6H3/t18-,20+/m0/s1.